The van der Waals surface area contributed by atoms with Crippen LogP contribution in [0.4, 0.5) is 0 Å². The van der Waals surface area contributed by atoms with Gasteiger partial charge in [0.1, 0.15) is 5.75 Å². The number of hydrogen-bond acceptors (Lipinski definition) is 3. The van der Waals surface area contributed by atoms with Crippen molar-refractivity contribution in [2.75, 3.05) is 20.2 Å². The summed E-state index contributed by atoms with van der Waals surface area (Å²) in [6, 6.07) is 18.6. The Morgan fingerprint density at radius 1 is 0.968 bits per heavy atom. The number of amides is 1. The molecule has 2 unspecified atom stereocenters. The van der Waals surface area contributed by atoms with Gasteiger partial charge in [0.05, 0.1) is 7.11 Å². The number of ether oxygens (including phenoxy) is 1. The van der Waals surface area contributed by atoms with Crippen LogP contribution in [0.15, 0.2) is 65.5 Å². The summed E-state index contributed by atoms with van der Waals surface area (Å²) >= 11 is 6.00. The molecule has 2 aliphatic rings. The van der Waals surface area contributed by atoms with E-state index in [1.54, 1.807) is 19.2 Å². The van der Waals surface area contributed by atoms with Crippen molar-refractivity contribution in [3.8, 4) is 16.9 Å². The summed E-state index contributed by atoms with van der Waals surface area (Å²) in [4.78, 5) is 28.3. The molecule has 0 spiro atoms. The first-order valence-corrected chi connectivity index (χ1v) is 10.8. The molecule has 3 heterocycles. The highest BCUT2D eigenvalue weighted by Gasteiger charge is 2.37. The lowest BCUT2D eigenvalue weighted by Gasteiger charge is -2.43. The smallest absolute Gasteiger partial charge is 0.258 e. The highest BCUT2D eigenvalue weighted by Crippen LogP contribution is 2.36. The molecular weight excluding hydrogens is 412 g/mol. The van der Waals surface area contributed by atoms with E-state index in [0.717, 1.165) is 23.4 Å². The van der Waals surface area contributed by atoms with Gasteiger partial charge in [0, 0.05) is 47.4 Å². The number of methoxy groups -OCH3 is 1. The van der Waals surface area contributed by atoms with E-state index in [0.29, 0.717) is 35.8 Å². The van der Waals surface area contributed by atoms with E-state index in [9.17, 15) is 9.59 Å². The van der Waals surface area contributed by atoms with Gasteiger partial charge in [-0.3, -0.25) is 9.59 Å². The maximum Gasteiger partial charge on any atom is 0.258 e. The molecule has 2 atom stereocenters. The lowest BCUT2D eigenvalue weighted by Crippen LogP contribution is -2.49. The number of benzene rings is 2. The van der Waals surface area contributed by atoms with Crippen LogP contribution in [-0.2, 0) is 6.54 Å². The fourth-order valence-corrected chi connectivity index (χ4v) is 5.00. The summed E-state index contributed by atoms with van der Waals surface area (Å²) in [6.07, 6.45) is 1.01. The van der Waals surface area contributed by atoms with Crippen molar-refractivity contribution >= 4 is 17.5 Å². The Morgan fingerprint density at radius 3 is 2.42 bits per heavy atom. The lowest BCUT2D eigenvalue weighted by molar-refractivity contribution is 0.0594. The second-order valence-corrected chi connectivity index (χ2v) is 8.77. The van der Waals surface area contributed by atoms with Crippen molar-refractivity contribution in [2.24, 2.45) is 5.92 Å². The number of halogens is 1. The minimum Gasteiger partial charge on any atom is -0.497 e. The largest absolute Gasteiger partial charge is 0.497 e. The molecule has 3 aromatic rings. The number of carbonyl (C=O) groups excluding carboxylic acids is 1. The van der Waals surface area contributed by atoms with Gasteiger partial charge in [-0.2, -0.15) is 0 Å². The predicted octanol–water partition coefficient (Wildman–Crippen LogP) is 4.44. The third-order valence-corrected chi connectivity index (χ3v) is 6.64. The summed E-state index contributed by atoms with van der Waals surface area (Å²) in [7, 11) is 1.61. The molecule has 6 heteroatoms. The first kappa shape index (κ1) is 19.9. The van der Waals surface area contributed by atoms with Crippen LogP contribution in [0.5, 0.6) is 5.75 Å². The van der Waals surface area contributed by atoms with Crippen molar-refractivity contribution in [2.45, 2.75) is 18.9 Å². The average molecular weight is 435 g/mol. The fourth-order valence-electron chi connectivity index (χ4n) is 4.88. The van der Waals surface area contributed by atoms with Gasteiger partial charge in [-0.15, -0.1) is 0 Å². The summed E-state index contributed by atoms with van der Waals surface area (Å²) in [5, 5.41) is 0.651. The van der Waals surface area contributed by atoms with Gasteiger partial charge in [0.15, 0.2) is 0 Å². The van der Waals surface area contributed by atoms with Crippen LogP contribution in [-0.4, -0.2) is 35.6 Å². The summed E-state index contributed by atoms with van der Waals surface area (Å²) in [5.41, 5.74) is 3.27. The van der Waals surface area contributed by atoms with E-state index in [2.05, 4.69) is 0 Å². The number of piperidine rings is 1. The highest BCUT2D eigenvalue weighted by atomic mass is 35.5. The molecule has 2 bridgehead atoms. The van der Waals surface area contributed by atoms with Gasteiger partial charge in [-0.25, -0.2) is 0 Å². The Hall–Kier alpha value is -3.05. The number of aromatic nitrogens is 1. The monoisotopic (exact) mass is 434 g/mol. The zero-order chi connectivity index (χ0) is 21.5. The van der Waals surface area contributed by atoms with Crippen molar-refractivity contribution in [3.63, 3.8) is 0 Å². The first-order valence-electron chi connectivity index (χ1n) is 10.5. The third-order valence-electron chi connectivity index (χ3n) is 6.38. The zero-order valence-electron chi connectivity index (χ0n) is 17.3. The molecule has 0 N–H and O–H groups in total. The van der Waals surface area contributed by atoms with Gasteiger partial charge in [-0.05, 0) is 66.4 Å². The SMILES string of the molecule is COc1ccc(C(=O)N2CC3CC(C2)c2ccc(-c4ccc(Cl)cc4)c(=O)n2C3)cc1. The molecular formula is C25H23ClN2O3. The second kappa shape index (κ2) is 7.89. The fraction of sp³-hybridized carbons (Fsp3) is 0.280. The standard InChI is InChI=1S/C25H23ClN2O3/c1-31-21-8-4-18(5-9-21)24(29)27-13-16-12-19(15-27)23-11-10-22(25(30)28(23)14-16)17-2-6-20(26)7-3-17/h2-11,16,19H,12-15H2,1H3. The van der Waals surface area contributed by atoms with E-state index in [1.807, 2.05) is 58.0 Å². The molecule has 0 radical (unpaired) electrons. The van der Waals surface area contributed by atoms with Crippen LogP contribution in [0.3, 0.4) is 0 Å². The maximum atomic E-state index is 13.3. The van der Waals surface area contributed by atoms with Crippen molar-refractivity contribution in [1.29, 1.82) is 0 Å². The third kappa shape index (κ3) is 3.63. The van der Waals surface area contributed by atoms with E-state index in [1.165, 1.54) is 0 Å². The maximum absolute atomic E-state index is 13.3. The van der Waals surface area contributed by atoms with E-state index < -0.39 is 0 Å². The van der Waals surface area contributed by atoms with Crippen LogP contribution >= 0.6 is 11.6 Å². The molecule has 0 aliphatic carbocycles. The van der Waals surface area contributed by atoms with Crippen LogP contribution in [0.2, 0.25) is 5.02 Å². The number of nitrogens with zero attached hydrogens (tertiary/aromatic N) is 2. The van der Waals surface area contributed by atoms with Crippen LogP contribution in [0.1, 0.15) is 28.4 Å². The first-order chi connectivity index (χ1) is 15.0. The summed E-state index contributed by atoms with van der Waals surface area (Å²) in [5.74, 6) is 1.20. The van der Waals surface area contributed by atoms with Crippen LogP contribution in [0.25, 0.3) is 11.1 Å². The van der Waals surface area contributed by atoms with Crippen LogP contribution in [0, 0.1) is 5.92 Å². The Labute approximate surface area is 185 Å². The molecule has 158 valence electrons. The van der Waals surface area contributed by atoms with Gasteiger partial charge < -0.3 is 14.2 Å². The molecule has 5 rings (SSSR count). The van der Waals surface area contributed by atoms with Gasteiger partial charge in [0.2, 0.25) is 0 Å². The Kier molecular flexibility index (Phi) is 5.06. The molecule has 1 aromatic heterocycles. The number of pyridine rings is 1. The quantitative estimate of drug-likeness (QED) is 0.612. The van der Waals surface area contributed by atoms with E-state index >= 15 is 0 Å². The highest BCUT2D eigenvalue weighted by molar-refractivity contribution is 6.30. The number of hydrogen-bond donors (Lipinski definition) is 0. The molecule has 2 aliphatic heterocycles. The Balaban J connectivity index is 1.42. The van der Waals surface area contributed by atoms with E-state index in [4.69, 9.17) is 16.3 Å². The average Bonchev–Trinajstić information content (AvgIpc) is 2.80. The summed E-state index contributed by atoms with van der Waals surface area (Å²) < 4.78 is 7.10. The normalized spacial score (nSPS) is 19.6. The van der Waals surface area contributed by atoms with Gasteiger partial charge in [0.25, 0.3) is 11.5 Å². The van der Waals surface area contributed by atoms with Crippen molar-refractivity contribution in [1.82, 2.24) is 9.47 Å². The van der Waals surface area contributed by atoms with Crippen LogP contribution < -0.4 is 10.3 Å². The molecule has 31 heavy (non-hydrogen) atoms. The van der Waals surface area contributed by atoms with Gasteiger partial charge >= 0.3 is 0 Å². The second-order valence-electron chi connectivity index (χ2n) is 8.33. The number of rotatable bonds is 3. The minimum atomic E-state index is 0.0319. The molecule has 1 saturated heterocycles. The number of fused-ring (bicyclic) bond motifs is 4. The van der Waals surface area contributed by atoms with Crippen molar-refractivity contribution < 1.29 is 9.53 Å². The summed E-state index contributed by atoms with van der Waals surface area (Å²) in [6.45, 7) is 1.93. The lowest BCUT2D eigenvalue weighted by atomic mass is 9.82. The van der Waals surface area contributed by atoms with Crippen molar-refractivity contribution in [3.05, 3.63) is 87.3 Å². The topological polar surface area (TPSA) is 51.5 Å². The number of carbonyl (C=O) groups is 1. The van der Waals surface area contributed by atoms with E-state index in [-0.39, 0.29) is 23.3 Å². The Morgan fingerprint density at radius 2 is 1.71 bits per heavy atom. The molecule has 1 amide bonds. The molecule has 1 fully saturated rings. The molecule has 2 aromatic carbocycles. The Bertz CT molecular complexity index is 1180. The minimum absolute atomic E-state index is 0.0319. The molecule has 0 saturated carbocycles. The number of likely N-dealkylation sites (tertiary alicyclic amines) is 1. The molecule has 5 nitrogen and oxygen atoms in total. The zero-order valence-corrected chi connectivity index (χ0v) is 18.0. The predicted molar refractivity (Wildman–Crippen MR) is 121 cm³/mol. The van der Waals surface area contributed by atoms with Gasteiger partial charge in [-0.1, -0.05) is 23.7 Å².